The molecule has 1 amide bonds. The van der Waals surface area contributed by atoms with Gasteiger partial charge in [-0.15, -0.1) is 11.8 Å². The molecule has 9 heteroatoms. The van der Waals surface area contributed by atoms with Crippen LogP contribution in [0.2, 0.25) is 5.02 Å². The number of carbonyl (C=O) groups is 2. The summed E-state index contributed by atoms with van der Waals surface area (Å²) < 4.78 is 4.99. The summed E-state index contributed by atoms with van der Waals surface area (Å²) in [6, 6.07) is 12.4. The van der Waals surface area contributed by atoms with Gasteiger partial charge >= 0.3 is 5.97 Å². The number of nitrogens with one attached hydrogen (secondary N) is 1. The van der Waals surface area contributed by atoms with E-state index in [2.05, 4.69) is 5.32 Å². The smallest absolute Gasteiger partial charge is 0.319 e. The number of hydrogen-bond acceptors (Lipinski definition) is 6. The van der Waals surface area contributed by atoms with Crippen molar-refractivity contribution in [3.63, 3.8) is 0 Å². The maximum atomic E-state index is 12.0. The molecule has 0 heterocycles. The van der Waals surface area contributed by atoms with E-state index in [9.17, 15) is 19.7 Å². The third kappa shape index (κ3) is 6.05. The quantitative estimate of drug-likeness (QED) is 0.331. The predicted octanol–water partition coefficient (Wildman–Crippen LogP) is 3.91. The second-order valence-electron chi connectivity index (χ2n) is 5.17. The van der Waals surface area contributed by atoms with Crippen molar-refractivity contribution in [3.8, 4) is 0 Å². The number of non-ortho nitro benzene ring substituents is 1. The van der Waals surface area contributed by atoms with Crippen LogP contribution in [0.25, 0.3) is 0 Å². The first kappa shape index (κ1) is 19.7. The van der Waals surface area contributed by atoms with Crippen LogP contribution in [0.3, 0.4) is 0 Å². The molecule has 0 aliphatic rings. The van der Waals surface area contributed by atoms with Crippen LogP contribution in [-0.2, 0) is 14.3 Å². The lowest BCUT2D eigenvalue weighted by Gasteiger charge is -2.11. The van der Waals surface area contributed by atoms with Gasteiger partial charge in [-0.3, -0.25) is 19.7 Å². The molecule has 2 rings (SSSR count). The number of ether oxygens (including phenoxy) is 1. The van der Waals surface area contributed by atoms with Gasteiger partial charge in [0.25, 0.3) is 11.6 Å². The number of benzene rings is 2. The van der Waals surface area contributed by atoms with Crippen molar-refractivity contribution in [3.05, 3.63) is 63.7 Å². The lowest BCUT2D eigenvalue weighted by Crippen LogP contribution is -2.24. The molecule has 26 heavy (non-hydrogen) atoms. The van der Waals surface area contributed by atoms with Crippen molar-refractivity contribution in [1.29, 1.82) is 0 Å². The normalized spacial score (nSPS) is 11.5. The van der Waals surface area contributed by atoms with Crippen molar-refractivity contribution in [2.45, 2.75) is 17.1 Å². The van der Waals surface area contributed by atoms with Gasteiger partial charge in [0.05, 0.1) is 4.92 Å². The summed E-state index contributed by atoms with van der Waals surface area (Å²) in [5.74, 6) is -1.06. The zero-order valence-electron chi connectivity index (χ0n) is 13.7. The average molecular weight is 395 g/mol. The summed E-state index contributed by atoms with van der Waals surface area (Å²) in [5, 5.41) is 13.2. The minimum atomic E-state index is -0.535. The van der Waals surface area contributed by atoms with Gasteiger partial charge < -0.3 is 10.1 Å². The van der Waals surface area contributed by atoms with Crippen LogP contribution >= 0.6 is 23.4 Å². The summed E-state index contributed by atoms with van der Waals surface area (Å²) >= 11 is 7.10. The van der Waals surface area contributed by atoms with Crippen LogP contribution in [0.5, 0.6) is 0 Å². The van der Waals surface area contributed by atoms with E-state index in [1.807, 2.05) is 0 Å². The van der Waals surface area contributed by atoms with Gasteiger partial charge in [-0.2, -0.15) is 0 Å². The summed E-state index contributed by atoms with van der Waals surface area (Å²) in [4.78, 5) is 34.7. The highest BCUT2D eigenvalue weighted by atomic mass is 35.5. The van der Waals surface area contributed by atoms with E-state index in [0.717, 1.165) is 4.90 Å². The summed E-state index contributed by atoms with van der Waals surface area (Å²) in [7, 11) is 0. The van der Waals surface area contributed by atoms with Crippen molar-refractivity contribution < 1.29 is 19.2 Å². The second-order valence-corrected chi connectivity index (χ2v) is 7.02. The number of anilines is 1. The summed E-state index contributed by atoms with van der Waals surface area (Å²) in [6.45, 7) is 1.23. The van der Waals surface area contributed by atoms with E-state index < -0.39 is 28.7 Å². The van der Waals surface area contributed by atoms with Crippen LogP contribution < -0.4 is 5.32 Å². The number of nitro groups is 1. The Kier molecular flexibility index (Phi) is 6.99. The Morgan fingerprint density at radius 3 is 2.38 bits per heavy atom. The molecule has 0 saturated carbocycles. The minimum absolute atomic E-state index is 0.0810. The average Bonchev–Trinajstić information content (AvgIpc) is 2.62. The third-order valence-electron chi connectivity index (χ3n) is 3.17. The Morgan fingerprint density at radius 2 is 1.81 bits per heavy atom. The lowest BCUT2D eigenvalue weighted by molar-refractivity contribution is -0.384. The maximum Gasteiger partial charge on any atom is 0.319 e. The van der Waals surface area contributed by atoms with E-state index in [1.165, 1.54) is 36.0 Å². The molecule has 136 valence electrons. The van der Waals surface area contributed by atoms with Gasteiger partial charge in [0.1, 0.15) is 5.25 Å². The van der Waals surface area contributed by atoms with E-state index in [1.54, 1.807) is 31.2 Å². The van der Waals surface area contributed by atoms with Crippen LogP contribution in [0.15, 0.2) is 53.4 Å². The van der Waals surface area contributed by atoms with Crippen molar-refractivity contribution in [2.75, 3.05) is 11.9 Å². The Bertz CT molecular complexity index is 796. The number of nitro benzene ring substituents is 1. The molecule has 1 N–H and O–H groups in total. The van der Waals surface area contributed by atoms with Gasteiger partial charge in [-0.05, 0) is 43.3 Å². The number of amides is 1. The Hall–Kier alpha value is -2.58. The Morgan fingerprint density at radius 1 is 1.19 bits per heavy atom. The molecule has 0 aliphatic heterocycles. The zero-order chi connectivity index (χ0) is 19.1. The zero-order valence-corrected chi connectivity index (χ0v) is 15.3. The standard InChI is InChI=1S/C17H15ClN2O5S/c1-11(26-15-8-2-12(18)3-9-15)17(22)25-10-16(21)19-13-4-6-14(7-5-13)20(23)24/h2-9,11H,10H2,1H3,(H,19,21)/t11-/m0/s1. The van der Waals surface area contributed by atoms with Gasteiger partial charge in [0.15, 0.2) is 6.61 Å². The number of nitrogens with zero attached hydrogens (tertiary/aromatic N) is 1. The highest BCUT2D eigenvalue weighted by molar-refractivity contribution is 8.00. The number of esters is 1. The van der Waals surface area contributed by atoms with Gasteiger partial charge in [0, 0.05) is 27.7 Å². The van der Waals surface area contributed by atoms with Crippen LogP contribution in [-0.4, -0.2) is 28.7 Å². The van der Waals surface area contributed by atoms with Crippen LogP contribution in [0.4, 0.5) is 11.4 Å². The van der Waals surface area contributed by atoms with Crippen molar-refractivity contribution in [1.82, 2.24) is 0 Å². The van der Waals surface area contributed by atoms with Crippen molar-refractivity contribution in [2.24, 2.45) is 0 Å². The number of halogens is 1. The number of carbonyl (C=O) groups excluding carboxylic acids is 2. The minimum Gasteiger partial charge on any atom is -0.455 e. The first-order valence-corrected chi connectivity index (χ1v) is 8.74. The van der Waals surface area contributed by atoms with Crippen LogP contribution in [0, 0.1) is 10.1 Å². The van der Waals surface area contributed by atoms with Gasteiger partial charge in [-0.25, -0.2) is 0 Å². The lowest BCUT2D eigenvalue weighted by atomic mass is 10.3. The van der Waals surface area contributed by atoms with E-state index in [0.29, 0.717) is 10.7 Å². The Balaban J connectivity index is 1.79. The van der Waals surface area contributed by atoms with E-state index in [-0.39, 0.29) is 5.69 Å². The number of thioether (sulfide) groups is 1. The SMILES string of the molecule is C[C@H](Sc1ccc(Cl)cc1)C(=O)OCC(=O)Nc1ccc([N+](=O)[O-])cc1. The molecule has 0 spiro atoms. The molecule has 2 aromatic carbocycles. The van der Waals surface area contributed by atoms with E-state index >= 15 is 0 Å². The molecule has 0 radical (unpaired) electrons. The van der Waals surface area contributed by atoms with Gasteiger partial charge in [-0.1, -0.05) is 11.6 Å². The topological polar surface area (TPSA) is 98.5 Å². The molecular formula is C17H15ClN2O5S. The fraction of sp³-hybridized carbons (Fsp3) is 0.176. The molecular weight excluding hydrogens is 380 g/mol. The number of rotatable bonds is 7. The predicted molar refractivity (Wildman–Crippen MR) is 99.5 cm³/mol. The first-order valence-electron chi connectivity index (χ1n) is 7.48. The molecule has 0 bridgehead atoms. The molecule has 0 fully saturated rings. The Labute approximate surface area is 158 Å². The van der Waals surface area contributed by atoms with Crippen molar-refractivity contribution >= 4 is 46.6 Å². The second kappa shape index (κ2) is 9.21. The molecule has 7 nitrogen and oxygen atoms in total. The maximum absolute atomic E-state index is 12.0. The molecule has 1 atom stereocenters. The monoisotopic (exact) mass is 394 g/mol. The molecule has 0 saturated heterocycles. The highest BCUT2D eigenvalue weighted by Gasteiger charge is 2.17. The summed E-state index contributed by atoms with van der Waals surface area (Å²) in [5.41, 5.74) is 0.294. The molecule has 2 aromatic rings. The first-order chi connectivity index (χ1) is 12.3. The molecule has 0 aliphatic carbocycles. The molecule has 0 unspecified atom stereocenters. The largest absolute Gasteiger partial charge is 0.455 e. The highest BCUT2D eigenvalue weighted by Crippen LogP contribution is 2.25. The fourth-order valence-corrected chi connectivity index (χ4v) is 2.87. The third-order valence-corrected chi connectivity index (χ3v) is 4.51. The number of hydrogen-bond donors (Lipinski definition) is 1. The van der Waals surface area contributed by atoms with E-state index in [4.69, 9.17) is 16.3 Å². The fourth-order valence-electron chi connectivity index (χ4n) is 1.88. The van der Waals surface area contributed by atoms with Crippen LogP contribution in [0.1, 0.15) is 6.92 Å². The molecule has 0 aromatic heterocycles. The van der Waals surface area contributed by atoms with Gasteiger partial charge in [0.2, 0.25) is 0 Å². The summed E-state index contributed by atoms with van der Waals surface area (Å²) in [6.07, 6.45) is 0.